The molecule has 0 aromatic heterocycles. The fraction of sp³-hybridized carbons (Fsp3) is 0.857. The van der Waals surface area contributed by atoms with Crippen molar-refractivity contribution in [3.8, 4) is 0 Å². The molecular formula is C14H27NO. The van der Waals surface area contributed by atoms with Crippen LogP contribution in [-0.2, 0) is 0 Å². The highest BCUT2D eigenvalue weighted by Gasteiger charge is 2.32. The SMILES string of the molecule is C=CCCCCCNCC1(CO)CCCC1. The fourth-order valence-electron chi connectivity index (χ4n) is 2.58. The molecule has 1 fully saturated rings. The first-order valence-corrected chi connectivity index (χ1v) is 6.75. The Kier molecular flexibility index (Phi) is 6.74. The van der Waals surface area contributed by atoms with Crippen molar-refractivity contribution in [3.63, 3.8) is 0 Å². The molecule has 0 atom stereocenters. The Morgan fingerprint density at radius 1 is 1.19 bits per heavy atom. The van der Waals surface area contributed by atoms with Gasteiger partial charge in [0.25, 0.3) is 0 Å². The van der Waals surface area contributed by atoms with Gasteiger partial charge in [0, 0.05) is 18.6 Å². The molecule has 1 rings (SSSR count). The van der Waals surface area contributed by atoms with Gasteiger partial charge in [-0.25, -0.2) is 0 Å². The van der Waals surface area contributed by atoms with Crippen LogP contribution in [0.25, 0.3) is 0 Å². The number of allylic oxidation sites excluding steroid dienone is 1. The second kappa shape index (κ2) is 7.86. The molecule has 94 valence electrons. The molecule has 0 radical (unpaired) electrons. The predicted octanol–water partition coefficient (Wildman–Crippen LogP) is 2.88. The van der Waals surface area contributed by atoms with Crippen LogP contribution in [0.1, 0.15) is 51.4 Å². The molecule has 0 aliphatic heterocycles. The van der Waals surface area contributed by atoms with E-state index in [1.54, 1.807) is 0 Å². The van der Waals surface area contributed by atoms with Gasteiger partial charge in [-0.15, -0.1) is 6.58 Å². The highest BCUT2D eigenvalue weighted by Crippen LogP contribution is 2.36. The summed E-state index contributed by atoms with van der Waals surface area (Å²) < 4.78 is 0. The van der Waals surface area contributed by atoms with Gasteiger partial charge >= 0.3 is 0 Å². The molecule has 0 bridgehead atoms. The van der Waals surface area contributed by atoms with Crippen LogP contribution < -0.4 is 5.32 Å². The van der Waals surface area contributed by atoms with E-state index in [0.717, 1.165) is 19.5 Å². The van der Waals surface area contributed by atoms with Gasteiger partial charge in [-0.05, 0) is 38.6 Å². The standard InChI is InChI=1S/C14H27NO/c1-2-3-4-5-8-11-15-12-14(13-16)9-6-7-10-14/h2,15-16H,1,3-13H2. The minimum absolute atomic E-state index is 0.209. The normalized spacial score (nSPS) is 18.8. The van der Waals surface area contributed by atoms with Crippen molar-refractivity contribution in [2.24, 2.45) is 5.41 Å². The largest absolute Gasteiger partial charge is 0.396 e. The first kappa shape index (κ1) is 13.7. The zero-order chi connectivity index (χ0) is 11.7. The minimum Gasteiger partial charge on any atom is -0.396 e. The first-order chi connectivity index (χ1) is 7.83. The summed E-state index contributed by atoms with van der Waals surface area (Å²) in [5.74, 6) is 0. The fourth-order valence-corrected chi connectivity index (χ4v) is 2.58. The zero-order valence-corrected chi connectivity index (χ0v) is 10.5. The lowest BCUT2D eigenvalue weighted by molar-refractivity contribution is 0.128. The summed E-state index contributed by atoms with van der Waals surface area (Å²) in [6.45, 7) is 6.18. The molecule has 2 heteroatoms. The average Bonchev–Trinajstić information content (AvgIpc) is 2.77. The number of rotatable bonds is 9. The number of aliphatic hydroxyl groups is 1. The van der Waals surface area contributed by atoms with Crippen LogP contribution in [0.5, 0.6) is 0 Å². The van der Waals surface area contributed by atoms with Gasteiger partial charge in [-0.1, -0.05) is 25.3 Å². The summed E-state index contributed by atoms with van der Waals surface area (Å²) in [7, 11) is 0. The second-order valence-corrected chi connectivity index (χ2v) is 5.18. The molecule has 0 unspecified atom stereocenters. The van der Waals surface area contributed by atoms with Gasteiger partial charge in [0.1, 0.15) is 0 Å². The maximum Gasteiger partial charge on any atom is 0.0499 e. The van der Waals surface area contributed by atoms with Gasteiger partial charge in [0.05, 0.1) is 0 Å². The molecule has 1 aliphatic carbocycles. The van der Waals surface area contributed by atoms with E-state index in [4.69, 9.17) is 0 Å². The van der Waals surface area contributed by atoms with Gasteiger partial charge in [0.15, 0.2) is 0 Å². The molecule has 0 aromatic rings. The van der Waals surface area contributed by atoms with Gasteiger partial charge in [-0.3, -0.25) is 0 Å². The van der Waals surface area contributed by atoms with Crippen molar-refractivity contribution in [3.05, 3.63) is 12.7 Å². The van der Waals surface area contributed by atoms with E-state index >= 15 is 0 Å². The van der Waals surface area contributed by atoms with E-state index in [-0.39, 0.29) is 5.41 Å². The molecule has 0 aromatic carbocycles. The number of unbranched alkanes of at least 4 members (excludes halogenated alkanes) is 3. The summed E-state index contributed by atoms with van der Waals surface area (Å²) >= 11 is 0. The lowest BCUT2D eigenvalue weighted by Crippen LogP contribution is -2.35. The van der Waals surface area contributed by atoms with Crippen LogP contribution in [-0.4, -0.2) is 24.8 Å². The lowest BCUT2D eigenvalue weighted by atomic mass is 9.87. The molecule has 16 heavy (non-hydrogen) atoms. The van der Waals surface area contributed by atoms with Gasteiger partial charge in [0.2, 0.25) is 0 Å². The first-order valence-electron chi connectivity index (χ1n) is 6.75. The Hall–Kier alpha value is -0.340. The van der Waals surface area contributed by atoms with Crippen LogP contribution in [0.15, 0.2) is 12.7 Å². The third kappa shape index (κ3) is 4.67. The van der Waals surface area contributed by atoms with Gasteiger partial charge in [-0.2, -0.15) is 0 Å². The minimum atomic E-state index is 0.209. The van der Waals surface area contributed by atoms with E-state index in [1.165, 1.54) is 44.9 Å². The van der Waals surface area contributed by atoms with E-state index in [2.05, 4.69) is 11.9 Å². The van der Waals surface area contributed by atoms with E-state index in [9.17, 15) is 5.11 Å². The van der Waals surface area contributed by atoms with E-state index in [1.807, 2.05) is 6.08 Å². The Morgan fingerprint density at radius 3 is 2.56 bits per heavy atom. The molecule has 0 spiro atoms. The van der Waals surface area contributed by atoms with Crippen molar-refractivity contribution in [2.45, 2.75) is 51.4 Å². The van der Waals surface area contributed by atoms with Crippen molar-refractivity contribution in [2.75, 3.05) is 19.7 Å². The molecule has 2 nitrogen and oxygen atoms in total. The third-order valence-corrected chi connectivity index (χ3v) is 3.76. The molecular weight excluding hydrogens is 198 g/mol. The highest BCUT2D eigenvalue weighted by atomic mass is 16.3. The number of aliphatic hydroxyl groups excluding tert-OH is 1. The molecule has 2 N–H and O–H groups in total. The molecule has 1 aliphatic rings. The van der Waals surface area contributed by atoms with Crippen molar-refractivity contribution < 1.29 is 5.11 Å². The van der Waals surface area contributed by atoms with Crippen LogP contribution >= 0.6 is 0 Å². The zero-order valence-electron chi connectivity index (χ0n) is 10.5. The number of hydrogen-bond acceptors (Lipinski definition) is 2. The second-order valence-electron chi connectivity index (χ2n) is 5.18. The lowest BCUT2D eigenvalue weighted by Gasteiger charge is -2.26. The Bertz CT molecular complexity index is 185. The predicted molar refractivity (Wildman–Crippen MR) is 69.5 cm³/mol. The van der Waals surface area contributed by atoms with Gasteiger partial charge < -0.3 is 10.4 Å². The molecule has 0 heterocycles. The summed E-state index contributed by atoms with van der Waals surface area (Å²) in [6, 6.07) is 0. The summed E-state index contributed by atoms with van der Waals surface area (Å²) in [4.78, 5) is 0. The number of nitrogens with one attached hydrogen (secondary N) is 1. The average molecular weight is 225 g/mol. The molecule has 0 saturated heterocycles. The van der Waals surface area contributed by atoms with Crippen molar-refractivity contribution in [1.29, 1.82) is 0 Å². The maximum absolute atomic E-state index is 9.44. The van der Waals surface area contributed by atoms with E-state index in [0.29, 0.717) is 6.61 Å². The Morgan fingerprint density at radius 2 is 1.94 bits per heavy atom. The summed E-state index contributed by atoms with van der Waals surface area (Å²) in [5.41, 5.74) is 0.209. The molecule has 0 amide bonds. The molecule has 1 saturated carbocycles. The van der Waals surface area contributed by atoms with Crippen LogP contribution in [0.3, 0.4) is 0 Å². The summed E-state index contributed by atoms with van der Waals surface area (Å²) in [5, 5.41) is 12.9. The Labute approximate surface area is 100 Å². The number of hydrogen-bond donors (Lipinski definition) is 2. The highest BCUT2D eigenvalue weighted by molar-refractivity contribution is 4.85. The van der Waals surface area contributed by atoms with Crippen LogP contribution in [0.2, 0.25) is 0 Å². The smallest absolute Gasteiger partial charge is 0.0499 e. The topological polar surface area (TPSA) is 32.3 Å². The Balaban J connectivity index is 1.99. The van der Waals surface area contributed by atoms with E-state index < -0.39 is 0 Å². The van der Waals surface area contributed by atoms with Crippen LogP contribution in [0, 0.1) is 5.41 Å². The third-order valence-electron chi connectivity index (χ3n) is 3.76. The quantitative estimate of drug-likeness (QED) is 0.467. The van der Waals surface area contributed by atoms with Crippen LogP contribution in [0.4, 0.5) is 0 Å². The summed E-state index contributed by atoms with van der Waals surface area (Å²) in [6.07, 6.45) is 11.9. The maximum atomic E-state index is 9.44. The van der Waals surface area contributed by atoms with Crippen molar-refractivity contribution in [1.82, 2.24) is 5.32 Å². The monoisotopic (exact) mass is 225 g/mol. The van der Waals surface area contributed by atoms with Crippen molar-refractivity contribution >= 4 is 0 Å².